The first-order chi connectivity index (χ1) is 14.1. The first kappa shape index (κ1) is 20.9. The third-order valence-electron chi connectivity index (χ3n) is 5.31. The number of piperazine rings is 1. The second-order valence-electron chi connectivity index (χ2n) is 7.28. The molecule has 3 rings (SSSR count). The Balaban J connectivity index is 1.64. The van der Waals surface area contributed by atoms with E-state index in [-0.39, 0.29) is 6.23 Å². The largest absolute Gasteiger partial charge is 0.472 e. The van der Waals surface area contributed by atoms with E-state index in [1.54, 1.807) is 13.0 Å². The van der Waals surface area contributed by atoms with Crippen LogP contribution in [0.15, 0.2) is 60.7 Å². The summed E-state index contributed by atoms with van der Waals surface area (Å²) in [5.74, 6) is 0.720. The van der Waals surface area contributed by atoms with Gasteiger partial charge in [-0.25, -0.2) is 0 Å². The van der Waals surface area contributed by atoms with Crippen LogP contribution < -0.4 is 9.64 Å². The van der Waals surface area contributed by atoms with Crippen LogP contribution in [0.5, 0.6) is 5.75 Å². The zero-order chi connectivity index (χ0) is 20.6. The van der Waals surface area contributed by atoms with Crippen LogP contribution in [0.4, 0.5) is 5.69 Å². The molecular formula is C24H29N3O2. The van der Waals surface area contributed by atoms with Crippen molar-refractivity contribution in [2.45, 2.75) is 32.6 Å². The minimum absolute atomic E-state index is 0.390. The van der Waals surface area contributed by atoms with Crippen molar-refractivity contribution in [3.05, 3.63) is 66.2 Å². The normalized spacial score (nSPS) is 17.4. The van der Waals surface area contributed by atoms with E-state index in [1.165, 1.54) is 5.69 Å². The number of aliphatic hydroxyl groups is 1. The quantitative estimate of drug-likeness (QED) is 0.725. The Hall–Kier alpha value is -2.81. The van der Waals surface area contributed by atoms with Crippen molar-refractivity contribution in [2.75, 3.05) is 31.1 Å². The number of anilines is 1. The van der Waals surface area contributed by atoms with Gasteiger partial charge in [-0.05, 0) is 48.7 Å². The van der Waals surface area contributed by atoms with Crippen molar-refractivity contribution >= 4 is 11.3 Å². The topological polar surface area (TPSA) is 59.7 Å². The number of hydrogen-bond donors (Lipinski definition) is 1. The SMILES string of the molecule is CCC(=CC#N)c1ccc(OC(C(C)O)N2CCN(c3ccccc3)CC2)cc1. The molecule has 0 amide bonds. The molecule has 0 aromatic heterocycles. The minimum Gasteiger partial charge on any atom is -0.472 e. The lowest BCUT2D eigenvalue weighted by Gasteiger charge is -2.40. The highest BCUT2D eigenvalue weighted by molar-refractivity contribution is 5.67. The van der Waals surface area contributed by atoms with Gasteiger partial charge in [0.1, 0.15) is 11.9 Å². The summed E-state index contributed by atoms with van der Waals surface area (Å²) in [5.41, 5.74) is 3.25. The molecule has 1 aliphatic rings. The molecule has 152 valence electrons. The van der Waals surface area contributed by atoms with Crippen LogP contribution >= 0.6 is 0 Å². The molecule has 5 heteroatoms. The second kappa shape index (κ2) is 10.1. The molecule has 2 unspecified atom stereocenters. The summed E-state index contributed by atoms with van der Waals surface area (Å²) in [5, 5.41) is 19.2. The number of allylic oxidation sites excluding steroid dienone is 2. The van der Waals surface area contributed by atoms with Crippen molar-refractivity contribution in [1.82, 2.24) is 4.90 Å². The molecule has 1 heterocycles. The third kappa shape index (κ3) is 5.38. The van der Waals surface area contributed by atoms with E-state index in [9.17, 15) is 5.11 Å². The molecule has 0 aliphatic carbocycles. The highest BCUT2D eigenvalue weighted by Gasteiger charge is 2.28. The molecule has 0 bridgehead atoms. The summed E-state index contributed by atoms with van der Waals surface area (Å²) >= 11 is 0. The summed E-state index contributed by atoms with van der Waals surface area (Å²) in [6.45, 7) is 7.25. The Kier molecular flexibility index (Phi) is 7.29. The third-order valence-corrected chi connectivity index (χ3v) is 5.31. The summed E-state index contributed by atoms with van der Waals surface area (Å²) in [6, 6.07) is 20.3. The van der Waals surface area contributed by atoms with Gasteiger partial charge < -0.3 is 14.7 Å². The zero-order valence-electron chi connectivity index (χ0n) is 17.2. The van der Waals surface area contributed by atoms with Crippen molar-refractivity contribution in [1.29, 1.82) is 5.26 Å². The molecule has 29 heavy (non-hydrogen) atoms. The van der Waals surface area contributed by atoms with Gasteiger partial charge in [0.2, 0.25) is 0 Å². The molecule has 1 saturated heterocycles. The Morgan fingerprint density at radius 3 is 2.31 bits per heavy atom. The maximum absolute atomic E-state index is 10.3. The number of hydrogen-bond acceptors (Lipinski definition) is 5. The predicted molar refractivity (Wildman–Crippen MR) is 117 cm³/mol. The van der Waals surface area contributed by atoms with Crippen molar-refractivity contribution in [3.63, 3.8) is 0 Å². The molecule has 1 fully saturated rings. The van der Waals surface area contributed by atoms with Gasteiger partial charge in [-0.15, -0.1) is 0 Å². The minimum atomic E-state index is -0.609. The molecule has 0 spiro atoms. The van der Waals surface area contributed by atoms with E-state index in [2.05, 4.69) is 40.1 Å². The van der Waals surface area contributed by atoms with E-state index in [4.69, 9.17) is 10.00 Å². The van der Waals surface area contributed by atoms with Crippen molar-refractivity contribution in [3.8, 4) is 11.8 Å². The Morgan fingerprint density at radius 1 is 1.10 bits per heavy atom. The average molecular weight is 392 g/mol. The molecule has 2 aromatic carbocycles. The lowest BCUT2D eigenvalue weighted by atomic mass is 10.0. The fraction of sp³-hybridized carbons (Fsp3) is 0.375. The van der Waals surface area contributed by atoms with Crippen LogP contribution in [-0.4, -0.2) is 48.5 Å². The molecule has 0 radical (unpaired) electrons. The summed E-state index contributed by atoms with van der Waals surface area (Å²) in [6.07, 6.45) is 1.39. The van der Waals surface area contributed by atoms with Crippen LogP contribution in [0.3, 0.4) is 0 Å². The zero-order valence-corrected chi connectivity index (χ0v) is 17.2. The van der Waals surface area contributed by atoms with Gasteiger partial charge in [0.15, 0.2) is 6.23 Å². The molecule has 2 atom stereocenters. The van der Waals surface area contributed by atoms with Gasteiger partial charge in [0, 0.05) is 37.9 Å². The molecule has 0 saturated carbocycles. The number of benzene rings is 2. The van der Waals surface area contributed by atoms with E-state index >= 15 is 0 Å². The Morgan fingerprint density at radius 2 is 1.76 bits per heavy atom. The molecule has 2 aromatic rings. The number of para-hydroxylation sites is 1. The van der Waals surface area contributed by atoms with E-state index in [1.807, 2.05) is 37.3 Å². The number of ether oxygens (including phenoxy) is 1. The lowest BCUT2D eigenvalue weighted by molar-refractivity contribution is -0.0601. The summed E-state index contributed by atoms with van der Waals surface area (Å²) < 4.78 is 6.16. The fourth-order valence-electron chi connectivity index (χ4n) is 3.71. The monoisotopic (exact) mass is 391 g/mol. The number of aliphatic hydroxyl groups excluding tert-OH is 1. The maximum Gasteiger partial charge on any atom is 0.178 e. The van der Waals surface area contributed by atoms with Crippen molar-refractivity contribution < 1.29 is 9.84 Å². The number of rotatable bonds is 7. The molecule has 1 aliphatic heterocycles. The second-order valence-corrected chi connectivity index (χ2v) is 7.28. The van der Waals surface area contributed by atoms with Crippen LogP contribution in [0.25, 0.3) is 5.57 Å². The summed E-state index contributed by atoms with van der Waals surface area (Å²) in [7, 11) is 0. The lowest BCUT2D eigenvalue weighted by Crippen LogP contribution is -2.55. The van der Waals surface area contributed by atoms with Gasteiger partial charge in [-0.1, -0.05) is 37.3 Å². The van der Waals surface area contributed by atoms with Gasteiger partial charge in [-0.3, -0.25) is 4.90 Å². The van der Waals surface area contributed by atoms with E-state index in [0.717, 1.165) is 49.5 Å². The average Bonchev–Trinajstić information content (AvgIpc) is 2.77. The Bertz CT molecular complexity index is 833. The van der Waals surface area contributed by atoms with Gasteiger partial charge in [0.05, 0.1) is 6.07 Å². The van der Waals surface area contributed by atoms with Crippen LogP contribution in [0, 0.1) is 11.3 Å². The highest BCUT2D eigenvalue weighted by atomic mass is 16.5. The van der Waals surface area contributed by atoms with Crippen LogP contribution in [0.1, 0.15) is 25.8 Å². The maximum atomic E-state index is 10.3. The molecule has 5 nitrogen and oxygen atoms in total. The number of nitrogens with zero attached hydrogens (tertiary/aromatic N) is 3. The smallest absolute Gasteiger partial charge is 0.178 e. The first-order valence-electron chi connectivity index (χ1n) is 10.2. The molecular weight excluding hydrogens is 362 g/mol. The van der Waals surface area contributed by atoms with Crippen LogP contribution in [-0.2, 0) is 0 Å². The predicted octanol–water partition coefficient (Wildman–Crippen LogP) is 3.91. The van der Waals surface area contributed by atoms with E-state index < -0.39 is 6.10 Å². The summed E-state index contributed by atoms with van der Waals surface area (Å²) in [4.78, 5) is 4.56. The van der Waals surface area contributed by atoms with Gasteiger partial charge in [-0.2, -0.15) is 5.26 Å². The fourth-order valence-corrected chi connectivity index (χ4v) is 3.71. The van der Waals surface area contributed by atoms with Gasteiger partial charge >= 0.3 is 0 Å². The standard InChI is InChI=1S/C24H29N3O2/c1-3-20(13-14-25)21-9-11-23(12-10-21)29-24(19(2)28)27-17-15-26(16-18-27)22-7-5-4-6-8-22/h4-13,19,24,28H,3,15-18H2,1-2H3. The first-order valence-corrected chi connectivity index (χ1v) is 10.2. The highest BCUT2D eigenvalue weighted by Crippen LogP contribution is 2.24. The van der Waals surface area contributed by atoms with E-state index in [0.29, 0.717) is 0 Å². The number of nitriles is 1. The Labute approximate surface area is 173 Å². The van der Waals surface area contributed by atoms with Gasteiger partial charge in [0.25, 0.3) is 0 Å². The van der Waals surface area contributed by atoms with Crippen LogP contribution in [0.2, 0.25) is 0 Å². The van der Waals surface area contributed by atoms with Crippen molar-refractivity contribution in [2.24, 2.45) is 0 Å². The molecule has 1 N–H and O–H groups in total.